The summed E-state index contributed by atoms with van der Waals surface area (Å²) in [4.78, 5) is 43.0. The number of amides is 2. The van der Waals surface area contributed by atoms with E-state index in [1.807, 2.05) is 12.1 Å². The average molecular weight is 605 g/mol. The lowest BCUT2D eigenvalue weighted by molar-refractivity contribution is -0.384. The maximum atomic E-state index is 13.6. The van der Waals surface area contributed by atoms with Gasteiger partial charge in [-0.05, 0) is 48.4 Å². The number of H-pyrrole nitrogens is 1. The number of carbonyl (C=O) groups excluding carboxylic acids is 2. The Morgan fingerprint density at radius 2 is 1.49 bits per heavy atom. The van der Waals surface area contributed by atoms with Gasteiger partial charge in [0.15, 0.2) is 0 Å². The molecule has 0 saturated carbocycles. The first-order valence-electron chi connectivity index (χ1n) is 12.9. The van der Waals surface area contributed by atoms with Crippen molar-refractivity contribution in [2.75, 3.05) is 19.6 Å². The number of nitrogens with zero attached hydrogens (tertiary/aromatic N) is 3. The Morgan fingerprint density at radius 3 is 2.09 bits per heavy atom. The van der Waals surface area contributed by atoms with Gasteiger partial charge in [0.2, 0.25) is 0 Å². The van der Waals surface area contributed by atoms with Gasteiger partial charge in [-0.2, -0.15) is 26.3 Å². The van der Waals surface area contributed by atoms with Crippen molar-refractivity contribution in [1.82, 2.24) is 14.8 Å². The number of piperazine rings is 1. The van der Waals surface area contributed by atoms with Gasteiger partial charge in [0.25, 0.3) is 17.5 Å². The number of carbonyl (C=O) groups is 2. The highest BCUT2D eigenvalue weighted by Crippen LogP contribution is 2.37. The number of para-hydroxylation sites is 1. The highest BCUT2D eigenvalue weighted by molar-refractivity contribution is 5.97. The standard InChI is InChI=1S/C29H22F6N4O4/c30-28(31,32)20-11-18(12-21(14-20)29(33,34)35)27(41)38-10-9-37(26(40)17-5-7-22(8-6-17)39(42)43)16-23(38)13-19-15-36-25-4-2-1-3-24(19)25/h1-8,11-12,14-15,23,36H,9-10,13,16H2. The van der Waals surface area contributed by atoms with E-state index < -0.39 is 51.8 Å². The van der Waals surface area contributed by atoms with Gasteiger partial charge in [0.1, 0.15) is 0 Å². The predicted octanol–water partition coefficient (Wildman–Crippen LogP) is 6.32. The Bertz CT molecular complexity index is 1670. The van der Waals surface area contributed by atoms with Crippen LogP contribution < -0.4 is 0 Å². The van der Waals surface area contributed by atoms with Crippen molar-refractivity contribution < 1.29 is 40.9 Å². The third-order valence-corrected chi connectivity index (χ3v) is 7.32. The van der Waals surface area contributed by atoms with Gasteiger partial charge < -0.3 is 14.8 Å². The number of halogens is 6. The number of non-ortho nitro benzene ring substituents is 1. The molecule has 1 aliphatic rings. The monoisotopic (exact) mass is 604 g/mol. The summed E-state index contributed by atoms with van der Waals surface area (Å²) in [5, 5.41) is 11.8. The number of fused-ring (bicyclic) bond motifs is 1. The molecule has 14 heteroatoms. The summed E-state index contributed by atoms with van der Waals surface area (Å²) < 4.78 is 81.1. The number of alkyl halides is 6. The van der Waals surface area contributed by atoms with Gasteiger partial charge in [0.05, 0.1) is 22.1 Å². The van der Waals surface area contributed by atoms with E-state index in [0.717, 1.165) is 16.5 Å². The zero-order valence-corrected chi connectivity index (χ0v) is 22.1. The van der Waals surface area contributed by atoms with Crippen LogP contribution in [-0.4, -0.2) is 57.2 Å². The van der Waals surface area contributed by atoms with Gasteiger partial charge in [0, 0.05) is 60.0 Å². The number of aromatic amines is 1. The molecule has 2 amide bonds. The second-order valence-corrected chi connectivity index (χ2v) is 10.1. The first-order chi connectivity index (χ1) is 20.2. The van der Waals surface area contributed by atoms with Crippen LogP contribution in [0.3, 0.4) is 0 Å². The normalized spacial score (nSPS) is 16.0. The molecule has 2 heterocycles. The van der Waals surface area contributed by atoms with E-state index >= 15 is 0 Å². The molecule has 1 aromatic heterocycles. The van der Waals surface area contributed by atoms with Crippen LogP contribution in [0.4, 0.5) is 32.0 Å². The lowest BCUT2D eigenvalue weighted by Gasteiger charge is -2.41. The summed E-state index contributed by atoms with van der Waals surface area (Å²) in [5.74, 6) is -1.53. The maximum Gasteiger partial charge on any atom is 0.416 e. The van der Waals surface area contributed by atoms with E-state index in [1.54, 1.807) is 18.3 Å². The van der Waals surface area contributed by atoms with Gasteiger partial charge in [-0.1, -0.05) is 18.2 Å². The van der Waals surface area contributed by atoms with Crippen molar-refractivity contribution in [1.29, 1.82) is 0 Å². The molecule has 4 aromatic rings. The molecule has 8 nitrogen and oxygen atoms in total. The molecule has 224 valence electrons. The van der Waals surface area contributed by atoms with Crippen LogP contribution in [0.1, 0.15) is 37.4 Å². The molecule has 43 heavy (non-hydrogen) atoms. The highest BCUT2D eigenvalue weighted by atomic mass is 19.4. The molecule has 1 N–H and O–H groups in total. The number of hydrogen-bond donors (Lipinski definition) is 1. The summed E-state index contributed by atoms with van der Waals surface area (Å²) in [6.45, 7) is -0.342. The fraction of sp³-hybridized carbons (Fsp3) is 0.241. The third-order valence-electron chi connectivity index (χ3n) is 7.32. The zero-order valence-electron chi connectivity index (χ0n) is 22.1. The molecule has 3 aromatic carbocycles. The van der Waals surface area contributed by atoms with Crippen LogP contribution in [-0.2, 0) is 18.8 Å². The first kappa shape index (κ1) is 29.6. The highest BCUT2D eigenvalue weighted by Gasteiger charge is 2.39. The SMILES string of the molecule is O=C(c1ccc([N+](=O)[O-])cc1)N1CCN(C(=O)c2cc(C(F)(F)F)cc(C(F)(F)F)c2)C(Cc2c[nH]c3ccccc23)C1. The van der Waals surface area contributed by atoms with E-state index in [1.165, 1.54) is 34.1 Å². The van der Waals surface area contributed by atoms with E-state index in [9.17, 15) is 46.0 Å². The molecule has 0 bridgehead atoms. The smallest absolute Gasteiger partial charge is 0.361 e. The molecule has 1 aliphatic heterocycles. The minimum atomic E-state index is -5.13. The minimum Gasteiger partial charge on any atom is -0.361 e. The average Bonchev–Trinajstić information content (AvgIpc) is 3.38. The topological polar surface area (TPSA) is 99.5 Å². The second-order valence-electron chi connectivity index (χ2n) is 10.1. The Balaban J connectivity index is 1.49. The van der Waals surface area contributed by atoms with Crippen LogP contribution in [0, 0.1) is 10.1 Å². The van der Waals surface area contributed by atoms with Gasteiger partial charge in [-0.3, -0.25) is 19.7 Å². The van der Waals surface area contributed by atoms with Crippen molar-refractivity contribution in [3.8, 4) is 0 Å². The summed E-state index contributed by atoms with van der Waals surface area (Å²) in [6, 6.07) is 12.1. The van der Waals surface area contributed by atoms with E-state index in [4.69, 9.17) is 0 Å². The summed E-state index contributed by atoms with van der Waals surface area (Å²) in [7, 11) is 0. The molecule has 0 radical (unpaired) electrons. The number of rotatable bonds is 5. The number of nitrogens with one attached hydrogen (secondary N) is 1. The number of benzene rings is 3. The van der Waals surface area contributed by atoms with Gasteiger partial charge in [-0.25, -0.2) is 0 Å². The van der Waals surface area contributed by atoms with Gasteiger partial charge >= 0.3 is 12.4 Å². The predicted molar refractivity (Wildman–Crippen MR) is 142 cm³/mol. The summed E-state index contributed by atoms with van der Waals surface area (Å²) >= 11 is 0. The Kier molecular flexibility index (Phi) is 7.63. The molecule has 5 rings (SSSR count). The van der Waals surface area contributed by atoms with Crippen LogP contribution >= 0.6 is 0 Å². The van der Waals surface area contributed by atoms with E-state index in [-0.39, 0.29) is 43.4 Å². The molecular weight excluding hydrogens is 582 g/mol. The fourth-order valence-electron chi connectivity index (χ4n) is 5.19. The minimum absolute atomic E-state index is 0.0407. The van der Waals surface area contributed by atoms with Crippen molar-refractivity contribution in [3.63, 3.8) is 0 Å². The molecular formula is C29H22F6N4O4. The Morgan fingerprint density at radius 1 is 0.860 bits per heavy atom. The van der Waals surface area contributed by atoms with Crippen LogP contribution in [0.5, 0.6) is 0 Å². The molecule has 1 atom stereocenters. The molecule has 1 unspecified atom stereocenters. The van der Waals surface area contributed by atoms with Crippen molar-refractivity contribution in [2.45, 2.75) is 24.8 Å². The van der Waals surface area contributed by atoms with Crippen LogP contribution in [0.15, 0.2) is 72.9 Å². The number of nitro groups is 1. The van der Waals surface area contributed by atoms with E-state index in [2.05, 4.69) is 4.98 Å². The van der Waals surface area contributed by atoms with Crippen molar-refractivity contribution in [3.05, 3.63) is 111 Å². The van der Waals surface area contributed by atoms with Crippen LogP contribution in [0.25, 0.3) is 10.9 Å². The lowest BCUT2D eigenvalue weighted by atomic mass is 9.98. The molecule has 0 aliphatic carbocycles. The van der Waals surface area contributed by atoms with Crippen molar-refractivity contribution >= 4 is 28.4 Å². The molecule has 0 spiro atoms. The molecule has 1 fully saturated rings. The summed E-state index contributed by atoms with van der Waals surface area (Å²) in [6.07, 6.45) is -8.44. The maximum absolute atomic E-state index is 13.6. The summed E-state index contributed by atoms with van der Waals surface area (Å²) in [5.41, 5.74) is -2.56. The first-order valence-corrected chi connectivity index (χ1v) is 12.9. The van der Waals surface area contributed by atoms with Gasteiger partial charge in [-0.15, -0.1) is 0 Å². The third kappa shape index (κ3) is 6.17. The lowest BCUT2D eigenvalue weighted by Crippen LogP contribution is -2.57. The largest absolute Gasteiger partial charge is 0.416 e. The van der Waals surface area contributed by atoms with Crippen LogP contribution in [0.2, 0.25) is 0 Å². The van der Waals surface area contributed by atoms with Crippen molar-refractivity contribution in [2.24, 2.45) is 0 Å². The fourth-order valence-corrected chi connectivity index (χ4v) is 5.19. The second kappa shape index (κ2) is 11.1. The number of nitro benzene ring substituents is 1. The quantitative estimate of drug-likeness (QED) is 0.164. The van der Waals surface area contributed by atoms with E-state index in [0.29, 0.717) is 12.1 Å². The zero-order chi connectivity index (χ0) is 31.1. The molecule has 1 saturated heterocycles. The Hall–Kier alpha value is -4.88. The number of aromatic nitrogens is 1. The Labute approximate surface area is 239 Å². The number of hydrogen-bond acceptors (Lipinski definition) is 4.